The van der Waals surface area contributed by atoms with Gasteiger partial charge < -0.3 is 15.1 Å². The highest BCUT2D eigenvalue weighted by Gasteiger charge is 2.21. The Morgan fingerprint density at radius 1 is 1.18 bits per heavy atom. The van der Waals surface area contributed by atoms with E-state index < -0.39 is 0 Å². The highest BCUT2D eigenvalue weighted by molar-refractivity contribution is 5.97. The van der Waals surface area contributed by atoms with Gasteiger partial charge in [0.1, 0.15) is 11.0 Å². The number of amides is 3. The van der Waals surface area contributed by atoms with Gasteiger partial charge in [0.25, 0.3) is 5.91 Å². The molecule has 2 aromatic heterocycles. The summed E-state index contributed by atoms with van der Waals surface area (Å²) in [6.07, 6.45) is 0.845. The van der Waals surface area contributed by atoms with Crippen molar-refractivity contribution < 1.29 is 9.59 Å². The van der Waals surface area contributed by atoms with E-state index >= 15 is 0 Å². The van der Waals surface area contributed by atoms with E-state index in [1.54, 1.807) is 37.2 Å². The number of carbonyl (C=O) groups excluding carboxylic acids is 2. The molecular formula is C18H22N8O2. The second-order valence-corrected chi connectivity index (χ2v) is 7.01. The topological polar surface area (TPSA) is 112 Å². The summed E-state index contributed by atoms with van der Waals surface area (Å²) in [6.45, 7) is 2.29. The van der Waals surface area contributed by atoms with Crippen LogP contribution in [0.3, 0.4) is 0 Å². The Morgan fingerprint density at radius 2 is 2.00 bits per heavy atom. The van der Waals surface area contributed by atoms with Gasteiger partial charge in [0, 0.05) is 32.7 Å². The largest absolute Gasteiger partial charge is 0.346 e. The fourth-order valence-corrected chi connectivity index (χ4v) is 3.31. The molecule has 3 aromatic rings. The summed E-state index contributed by atoms with van der Waals surface area (Å²) in [5.74, 6) is -0.197. The van der Waals surface area contributed by atoms with Gasteiger partial charge in [-0.25, -0.2) is 4.79 Å². The summed E-state index contributed by atoms with van der Waals surface area (Å²) in [6, 6.07) is 7.10. The molecule has 3 amide bonds. The summed E-state index contributed by atoms with van der Waals surface area (Å²) < 4.78 is 1.92. The average molecular weight is 382 g/mol. The number of nitrogens with one attached hydrogen (secondary N) is 2. The van der Waals surface area contributed by atoms with Crippen LogP contribution in [0.1, 0.15) is 28.2 Å². The molecule has 3 heterocycles. The summed E-state index contributed by atoms with van der Waals surface area (Å²) in [5.41, 5.74) is 3.62. The Hall–Kier alpha value is -3.43. The third-order valence-corrected chi connectivity index (χ3v) is 4.73. The molecular weight excluding hydrogens is 360 g/mol. The summed E-state index contributed by atoms with van der Waals surface area (Å²) >= 11 is 0. The molecule has 0 fully saturated rings. The molecule has 1 aromatic carbocycles. The second kappa shape index (κ2) is 7.29. The molecule has 1 aliphatic rings. The van der Waals surface area contributed by atoms with Crippen LogP contribution in [-0.2, 0) is 19.6 Å². The summed E-state index contributed by atoms with van der Waals surface area (Å²) in [7, 11) is 3.50. The van der Waals surface area contributed by atoms with Crippen LogP contribution in [0.4, 0.5) is 4.79 Å². The first kappa shape index (κ1) is 18.0. The van der Waals surface area contributed by atoms with Crippen molar-refractivity contribution in [2.45, 2.75) is 26.1 Å². The Labute approximate surface area is 161 Å². The van der Waals surface area contributed by atoms with Crippen molar-refractivity contribution in [3.8, 4) is 0 Å². The van der Waals surface area contributed by atoms with Crippen LogP contribution in [0.25, 0.3) is 11.0 Å². The zero-order valence-electron chi connectivity index (χ0n) is 15.8. The number of carbonyl (C=O) groups is 2. The number of H-pyrrole nitrogens is 1. The fraction of sp³-hybridized carbons (Fsp3) is 0.389. The fourth-order valence-electron chi connectivity index (χ4n) is 3.31. The number of urea groups is 1. The smallest absolute Gasteiger partial charge is 0.319 e. The Morgan fingerprint density at radius 3 is 2.82 bits per heavy atom. The minimum atomic E-state index is -0.197. The number of hydrogen-bond donors (Lipinski definition) is 2. The zero-order chi connectivity index (χ0) is 19.7. The number of aromatic nitrogens is 5. The second-order valence-electron chi connectivity index (χ2n) is 7.01. The van der Waals surface area contributed by atoms with Crippen molar-refractivity contribution in [2.75, 3.05) is 20.6 Å². The van der Waals surface area contributed by atoms with Crippen molar-refractivity contribution >= 4 is 23.0 Å². The van der Waals surface area contributed by atoms with Gasteiger partial charge in [-0.2, -0.15) is 20.5 Å². The lowest BCUT2D eigenvalue weighted by Crippen LogP contribution is -2.38. The predicted molar refractivity (Wildman–Crippen MR) is 101 cm³/mol. The number of benzene rings is 1. The van der Waals surface area contributed by atoms with E-state index in [1.165, 1.54) is 0 Å². The molecule has 146 valence electrons. The maximum atomic E-state index is 12.4. The third kappa shape index (κ3) is 3.53. The monoisotopic (exact) mass is 382 g/mol. The number of aromatic amines is 1. The van der Waals surface area contributed by atoms with Crippen molar-refractivity contribution in [2.24, 2.45) is 0 Å². The lowest BCUT2D eigenvalue weighted by atomic mass is 10.2. The van der Waals surface area contributed by atoms with Crippen molar-refractivity contribution in [3.05, 3.63) is 41.2 Å². The van der Waals surface area contributed by atoms with E-state index in [2.05, 4.69) is 25.8 Å². The van der Waals surface area contributed by atoms with Gasteiger partial charge >= 0.3 is 6.03 Å². The molecule has 28 heavy (non-hydrogen) atoms. The molecule has 4 rings (SSSR count). The van der Waals surface area contributed by atoms with Crippen LogP contribution in [0.2, 0.25) is 0 Å². The molecule has 1 aliphatic heterocycles. The maximum absolute atomic E-state index is 12.4. The van der Waals surface area contributed by atoms with Crippen LogP contribution in [0, 0.1) is 0 Å². The lowest BCUT2D eigenvalue weighted by molar-refractivity contribution is 0.0950. The minimum Gasteiger partial charge on any atom is -0.346 e. The van der Waals surface area contributed by atoms with Crippen molar-refractivity contribution in [3.63, 3.8) is 0 Å². The third-order valence-electron chi connectivity index (χ3n) is 4.73. The van der Waals surface area contributed by atoms with Gasteiger partial charge in [0.15, 0.2) is 0 Å². The first-order valence-corrected chi connectivity index (χ1v) is 9.12. The molecule has 10 nitrogen and oxygen atoms in total. The number of aryl methyl sites for hydroxylation is 1. The normalized spacial score (nSPS) is 13.9. The van der Waals surface area contributed by atoms with Gasteiger partial charge in [0.05, 0.1) is 24.5 Å². The van der Waals surface area contributed by atoms with Crippen LogP contribution in [0.15, 0.2) is 24.3 Å². The van der Waals surface area contributed by atoms with Crippen molar-refractivity contribution in [1.29, 1.82) is 0 Å². The molecule has 0 radical (unpaired) electrons. The van der Waals surface area contributed by atoms with E-state index in [1.807, 2.05) is 15.6 Å². The van der Waals surface area contributed by atoms with Crippen LogP contribution >= 0.6 is 0 Å². The summed E-state index contributed by atoms with van der Waals surface area (Å²) in [5, 5.41) is 18.0. The van der Waals surface area contributed by atoms with Crippen LogP contribution in [-0.4, -0.2) is 67.6 Å². The van der Waals surface area contributed by atoms with Crippen LogP contribution < -0.4 is 5.32 Å². The Balaban J connectivity index is 1.43. The van der Waals surface area contributed by atoms with Gasteiger partial charge in [-0.05, 0) is 30.7 Å². The number of rotatable bonds is 3. The molecule has 0 aliphatic carbocycles. The highest BCUT2D eigenvalue weighted by atomic mass is 16.2. The first-order valence-electron chi connectivity index (χ1n) is 9.12. The minimum absolute atomic E-state index is 0.00671. The van der Waals surface area contributed by atoms with Gasteiger partial charge in [-0.1, -0.05) is 0 Å². The molecule has 0 bridgehead atoms. The van der Waals surface area contributed by atoms with Crippen molar-refractivity contribution in [1.82, 2.24) is 40.3 Å². The molecule has 0 saturated carbocycles. The zero-order valence-corrected chi connectivity index (χ0v) is 15.8. The number of hydrogen-bond acceptors (Lipinski definition) is 5. The molecule has 10 heteroatoms. The van der Waals surface area contributed by atoms with E-state index in [0.717, 1.165) is 24.4 Å². The Kier molecular flexibility index (Phi) is 4.68. The standard InChI is InChI=1S/C18H22N8O2/c1-24(2)18(28)25-6-3-7-26-14(11-25)9-13(22-26)10-19-17(27)12-4-5-15-16(8-12)21-23-20-15/h4-5,8-9H,3,6-7,10-11H2,1-2H3,(H,19,27)(H,20,21,23). The lowest BCUT2D eigenvalue weighted by Gasteiger charge is -2.23. The van der Waals surface area contributed by atoms with Gasteiger partial charge in [-0.3, -0.25) is 9.48 Å². The molecule has 0 saturated heterocycles. The van der Waals surface area contributed by atoms with E-state index in [-0.39, 0.29) is 11.9 Å². The summed E-state index contributed by atoms with van der Waals surface area (Å²) in [4.78, 5) is 28.1. The molecule has 0 atom stereocenters. The quantitative estimate of drug-likeness (QED) is 0.701. The van der Waals surface area contributed by atoms with Gasteiger partial charge in [-0.15, -0.1) is 0 Å². The molecule has 0 spiro atoms. The molecule has 0 unspecified atom stereocenters. The predicted octanol–water partition coefficient (Wildman–Crippen LogP) is 0.972. The van der Waals surface area contributed by atoms with E-state index in [4.69, 9.17) is 0 Å². The van der Waals surface area contributed by atoms with E-state index in [9.17, 15) is 9.59 Å². The first-order chi connectivity index (χ1) is 13.5. The van der Waals surface area contributed by atoms with Gasteiger partial charge in [0.2, 0.25) is 0 Å². The SMILES string of the molecule is CN(C)C(=O)N1CCCn2nc(CNC(=O)c3ccc4n[nH]nc4c3)cc2C1. The van der Waals surface area contributed by atoms with E-state index in [0.29, 0.717) is 36.2 Å². The van der Waals surface area contributed by atoms with Crippen LogP contribution in [0.5, 0.6) is 0 Å². The average Bonchev–Trinajstić information content (AvgIpc) is 3.26. The Bertz CT molecular complexity index is 1020. The highest BCUT2D eigenvalue weighted by Crippen LogP contribution is 2.15. The maximum Gasteiger partial charge on any atom is 0.319 e. The number of fused-ring (bicyclic) bond motifs is 2. The molecule has 2 N–H and O–H groups in total. The number of nitrogens with zero attached hydrogens (tertiary/aromatic N) is 6.